The lowest BCUT2D eigenvalue weighted by molar-refractivity contribution is 0.620. The third-order valence-electron chi connectivity index (χ3n) is 1.45. The average molecular weight is 278 g/mol. The molecule has 0 spiro atoms. The fourth-order valence-corrected chi connectivity index (χ4v) is 1.10. The second-order valence-corrected chi connectivity index (χ2v) is 3.69. The molecule has 0 saturated heterocycles. The molecule has 0 saturated carbocycles. The van der Waals surface area contributed by atoms with Crippen molar-refractivity contribution in [3.05, 3.63) is 21.8 Å². The molecule has 0 aromatic carbocycles. The quantitative estimate of drug-likeness (QED) is 0.786. The van der Waals surface area contributed by atoms with E-state index in [4.69, 9.17) is 11.5 Å². The van der Waals surface area contributed by atoms with E-state index in [9.17, 15) is 0 Å². The Hall–Kier alpha value is -0.270. The van der Waals surface area contributed by atoms with Gasteiger partial charge >= 0.3 is 0 Å². The van der Waals surface area contributed by atoms with Gasteiger partial charge in [0.15, 0.2) is 0 Å². The minimum Gasteiger partial charge on any atom is -0.330 e. The lowest BCUT2D eigenvalue weighted by Crippen LogP contribution is -2.17. The van der Waals surface area contributed by atoms with E-state index in [1.54, 1.807) is 12.4 Å². The van der Waals surface area contributed by atoms with Crippen molar-refractivity contribution in [2.24, 2.45) is 11.5 Å². The highest BCUT2D eigenvalue weighted by Gasteiger charge is 2.06. The molecular weight excluding hydrogens is 267 g/mol. The van der Waals surface area contributed by atoms with Crippen LogP contribution in [0.4, 0.5) is 0 Å². The Kier molecular flexibility index (Phi) is 3.83. The highest BCUT2D eigenvalue weighted by molar-refractivity contribution is 14.1. The lowest BCUT2D eigenvalue weighted by Gasteiger charge is -2.07. The van der Waals surface area contributed by atoms with Crippen LogP contribution in [0.5, 0.6) is 0 Å². The van der Waals surface area contributed by atoms with Crippen molar-refractivity contribution in [2.45, 2.75) is 12.5 Å². The molecule has 0 bridgehead atoms. The van der Waals surface area contributed by atoms with Crippen LogP contribution in [0.15, 0.2) is 12.4 Å². The molecule has 4 nitrogen and oxygen atoms in total. The molecule has 0 radical (unpaired) electrons. The summed E-state index contributed by atoms with van der Waals surface area (Å²) in [5.74, 6) is 0.667. The summed E-state index contributed by atoms with van der Waals surface area (Å²) in [5.41, 5.74) is 11.1. The number of hydrogen-bond acceptors (Lipinski definition) is 4. The Bertz CT molecular complexity index is 236. The second kappa shape index (κ2) is 4.68. The van der Waals surface area contributed by atoms with Gasteiger partial charge in [0.2, 0.25) is 0 Å². The molecule has 1 atom stereocenters. The number of nitrogens with two attached hydrogens (primary N) is 2. The van der Waals surface area contributed by atoms with Crippen LogP contribution in [-0.4, -0.2) is 16.5 Å². The van der Waals surface area contributed by atoms with E-state index >= 15 is 0 Å². The third-order valence-corrected chi connectivity index (χ3v) is 2.01. The summed E-state index contributed by atoms with van der Waals surface area (Å²) in [7, 11) is 0. The van der Waals surface area contributed by atoms with Crippen molar-refractivity contribution in [1.82, 2.24) is 9.97 Å². The molecule has 1 aromatic heterocycles. The second-order valence-electron chi connectivity index (χ2n) is 2.44. The molecule has 1 rings (SSSR count). The number of hydrogen-bond donors (Lipinski definition) is 2. The van der Waals surface area contributed by atoms with E-state index in [1.807, 2.05) is 0 Å². The standard InChI is InChI=1S/C7H11IN4/c8-5-3-11-7(12-4-5)6(10)1-2-9/h3-4,6H,1-2,9-10H2. The van der Waals surface area contributed by atoms with Gasteiger partial charge in [-0.05, 0) is 35.6 Å². The maximum Gasteiger partial charge on any atom is 0.144 e. The maximum atomic E-state index is 5.75. The lowest BCUT2D eigenvalue weighted by atomic mass is 10.2. The van der Waals surface area contributed by atoms with Gasteiger partial charge in [0.1, 0.15) is 5.82 Å². The first-order valence-electron chi connectivity index (χ1n) is 3.67. The van der Waals surface area contributed by atoms with Crippen molar-refractivity contribution in [2.75, 3.05) is 6.54 Å². The molecule has 1 heterocycles. The third kappa shape index (κ3) is 2.65. The van der Waals surface area contributed by atoms with Gasteiger partial charge in [-0.1, -0.05) is 0 Å². The van der Waals surface area contributed by atoms with Crippen LogP contribution in [0.1, 0.15) is 18.3 Å². The van der Waals surface area contributed by atoms with E-state index in [2.05, 4.69) is 32.6 Å². The van der Waals surface area contributed by atoms with E-state index in [0.717, 1.165) is 9.99 Å². The summed E-state index contributed by atoms with van der Waals surface area (Å²) < 4.78 is 1.01. The van der Waals surface area contributed by atoms with Gasteiger partial charge in [-0.25, -0.2) is 9.97 Å². The molecule has 1 unspecified atom stereocenters. The molecule has 0 aliphatic rings. The van der Waals surface area contributed by atoms with Gasteiger partial charge in [0.05, 0.1) is 6.04 Å². The Balaban J connectivity index is 2.68. The molecule has 0 amide bonds. The molecular formula is C7H11IN4. The van der Waals surface area contributed by atoms with Crippen LogP contribution >= 0.6 is 22.6 Å². The highest BCUT2D eigenvalue weighted by atomic mass is 127. The van der Waals surface area contributed by atoms with Crippen molar-refractivity contribution in [3.63, 3.8) is 0 Å². The normalized spacial score (nSPS) is 12.9. The van der Waals surface area contributed by atoms with Crippen molar-refractivity contribution in [3.8, 4) is 0 Å². The van der Waals surface area contributed by atoms with Crippen LogP contribution in [0.2, 0.25) is 0 Å². The first-order valence-corrected chi connectivity index (χ1v) is 4.75. The maximum absolute atomic E-state index is 5.75. The SMILES string of the molecule is NCCC(N)c1ncc(I)cn1. The predicted molar refractivity (Wildman–Crippen MR) is 55.3 cm³/mol. The minimum atomic E-state index is -0.132. The van der Waals surface area contributed by atoms with Crippen LogP contribution in [0.25, 0.3) is 0 Å². The first-order chi connectivity index (χ1) is 5.74. The fraction of sp³-hybridized carbons (Fsp3) is 0.429. The van der Waals surface area contributed by atoms with Gasteiger partial charge < -0.3 is 11.5 Å². The molecule has 12 heavy (non-hydrogen) atoms. The van der Waals surface area contributed by atoms with Crippen LogP contribution < -0.4 is 11.5 Å². The summed E-state index contributed by atoms with van der Waals surface area (Å²) in [6.07, 6.45) is 4.22. The molecule has 0 fully saturated rings. The van der Waals surface area contributed by atoms with Gasteiger partial charge in [-0.2, -0.15) is 0 Å². The summed E-state index contributed by atoms with van der Waals surface area (Å²) in [6, 6.07) is -0.132. The zero-order valence-corrected chi connectivity index (χ0v) is 8.73. The number of aromatic nitrogens is 2. The summed E-state index contributed by atoms with van der Waals surface area (Å²) in [5, 5.41) is 0. The molecule has 0 aliphatic heterocycles. The average Bonchev–Trinajstić information content (AvgIpc) is 2.06. The summed E-state index contributed by atoms with van der Waals surface area (Å²) in [6.45, 7) is 0.566. The summed E-state index contributed by atoms with van der Waals surface area (Å²) >= 11 is 2.15. The van der Waals surface area contributed by atoms with Crippen LogP contribution in [0.3, 0.4) is 0 Å². The summed E-state index contributed by atoms with van der Waals surface area (Å²) in [4.78, 5) is 8.20. The van der Waals surface area contributed by atoms with Crippen molar-refractivity contribution in [1.29, 1.82) is 0 Å². The van der Waals surface area contributed by atoms with E-state index in [1.165, 1.54) is 0 Å². The first kappa shape index (κ1) is 9.82. The van der Waals surface area contributed by atoms with Gasteiger partial charge in [-0.3, -0.25) is 0 Å². The van der Waals surface area contributed by atoms with Crippen molar-refractivity contribution < 1.29 is 0 Å². The van der Waals surface area contributed by atoms with Gasteiger partial charge in [-0.15, -0.1) is 0 Å². The van der Waals surface area contributed by atoms with E-state index in [-0.39, 0.29) is 6.04 Å². The Morgan fingerprint density at radius 1 is 1.42 bits per heavy atom. The molecule has 0 aliphatic carbocycles. The topological polar surface area (TPSA) is 77.8 Å². The molecule has 1 aromatic rings. The smallest absolute Gasteiger partial charge is 0.144 e. The Labute approximate surface area is 84.9 Å². The monoisotopic (exact) mass is 278 g/mol. The van der Waals surface area contributed by atoms with Gasteiger partial charge in [0.25, 0.3) is 0 Å². The molecule has 66 valence electrons. The Morgan fingerprint density at radius 2 is 2.00 bits per heavy atom. The van der Waals surface area contributed by atoms with E-state index in [0.29, 0.717) is 12.4 Å². The van der Waals surface area contributed by atoms with Crippen LogP contribution in [-0.2, 0) is 0 Å². The largest absolute Gasteiger partial charge is 0.330 e. The minimum absolute atomic E-state index is 0.132. The zero-order chi connectivity index (χ0) is 8.97. The van der Waals surface area contributed by atoms with Gasteiger partial charge in [0, 0.05) is 16.0 Å². The zero-order valence-electron chi connectivity index (χ0n) is 6.57. The van der Waals surface area contributed by atoms with E-state index < -0.39 is 0 Å². The molecule has 5 heteroatoms. The molecule has 4 N–H and O–H groups in total. The predicted octanol–water partition coefficient (Wildman–Crippen LogP) is 0.430. The van der Waals surface area contributed by atoms with Crippen molar-refractivity contribution >= 4 is 22.6 Å². The fourth-order valence-electron chi connectivity index (χ4n) is 0.822. The van der Waals surface area contributed by atoms with Crippen LogP contribution in [0, 0.1) is 3.57 Å². The Morgan fingerprint density at radius 3 is 2.50 bits per heavy atom. The number of nitrogens with zero attached hydrogens (tertiary/aromatic N) is 2. The highest BCUT2D eigenvalue weighted by Crippen LogP contribution is 2.08. The number of halogens is 1. The number of rotatable bonds is 3.